The number of para-hydroxylation sites is 1. The zero-order valence-corrected chi connectivity index (χ0v) is 16.2. The number of carbonyl (C=O) groups is 3. The highest BCUT2D eigenvalue weighted by Crippen LogP contribution is 2.15. The average molecular weight is 400 g/mol. The topological polar surface area (TPSA) is 69.7 Å². The molecule has 0 aromatic heterocycles. The summed E-state index contributed by atoms with van der Waals surface area (Å²) in [7, 11) is 0. The molecule has 2 aromatic rings. The van der Waals surface area contributed by atoms with Gasteiger partial charge in [0.1, 0.15) is 0 Å². The van der Waals surface area contributed by atoms with Crippen molar-refractivity contribution in [3.8, 4) is 0 Å². The number of carbonyl (C=O) groups excluding carboxylic acids is 3. The first-order chi connectivity index (χ1) is 13.5. The molecule has 1 aliphatic rings. The minimum atomic E-state index is -0.744. The maximum Gasteiger partial charge on any atom is 0.288 e. The Kier molecular flexibility index (Phi) is 6.66. The molecule has 7 heteroatoms. The van der Waals surface area contributed by atoms with Gasteiger partial charge in [-0.3, -0.25) is 14.4 Å². The summed E-state index contributed by atoms with van der Waals surface area (Å²) >= 11 is 5.80. The van der Waals surface area contributed by atoms with Crippen LogP contribution in [-0.2, 0) is 20.8 Å². The molecule has 1 saturated heterocycles. The number of ketones is 1. The molecule has 0 unspecified atom stereocenters. The van der Waals surface area contributed by atoms with Gasteiger partial charge in [-0.15, -0.1) is 0 Å². The molecule has 1 N–H and O–H groups in total. The molecule has 1 fully saturated rings. The van der Waals surface area contributed by atoms with Crippen molar-refractivity contribution in [2.45, 2.75) is 6.42 Å². The van der Waals surface area contributed by atoms with Crippen LogP contribution < -0.4 is 10.2 Å². The fraction of sp³-hybridized carbons (Fsp3) is 0.286. The van der Waals surface area contributed by atoms with E-state index in [9.17, 15) is 14.4 Å². The van der Waals surface area contributed by atoms with Crippen molar-refractivity contribution in [3.63, 3.8) is 0 Å². The minimum absolute atomic E-state index is 0.0209. The molecule has 1 aliphatic heterocycles. The Bertz CT molecular complexity index is 832. The number of benzene rings is 2. The Hall–Kier alpha value is -2.86. The fourth-order valence-electron chi connectivity index (χ4n) is 3.09. The SMILES string of the molecule is O=C(Cc1ccc(Cl)cc1)C(=O)NCC(=O)N1CCN(c2ccccc2)CC1. The lowest BCUT2D eigenvalue weighted by Crippen LogP contribution is -2.51. The number of halogens is 1. The van der Waals surface area contributed by atoms with Gasteiger partial charge in [-0.2, -0.15) is 0 Å². The first-order valence-corrected chi connectivity index (χ1v) is 9.54. The molecular formula is C21H22ClN3O3. The summed E-state index contributed by atoms with van der Waals surface area (Å²) in [5.41, 5.74) is 1.84. The van der Waals surface area contributed by atoms with Crippen molar-refractivity contribution in [2.24, 2.45) is 0 Å². The maximum absolute atomic E-state index is 12.3. The van der Waals surface area contributed by atoms with E-state index in [-0.39, 0.29) is 18.9 Å². The largest absolute Gasteiger partial charge is 0.368 e. The van der Waals surface area contributed by atoms with Crippen molar-refractivity contribution in [1.82, 2.24) is 10.2 Å². The summed E-state index contributed by atoms with van der Waals surface area (Å²) in [6.45, 7) is 2.47. The Labute approximate surface area is 169 Å². The Balaban J connectivity index is 1.42. The number of piperazine rings is 1. The van der Waals surface area contributed by atoms with Gasteiger partial charge in [0.2, 0.25) is 11.7 Å². The zero-order chi connectivity index (χ0) is 19.9. The Morgan fingerprint density at radius 3 is 2.18 bits per heavy atom. The van der Waals surface area contributed by atoms with E-state index >= 15 is 0 Å². The standard InChI is InChI=1S/C21H22ClN3O3/c22-17-8-6-16(7-9-17)14-19(26)21(28)23-15-20(27)25-12-10-24(11-13-25)18-4-2-1-3-5-18/h1-9H,10-15H2,(H,23,28). The summed E-state index contributed by atoms with van der Waals surface area (Å²) in [6, 6.07) is 16.8. The smallest absolute Gasteiger partial charge is 0.288 e. The molecular weight excluding hydrogens is 378 g/mol. The van der Waals surface area contributed by atoms with Gasteiger partial charge in [0.15, 0.2) is 0 Å². The highest BCUT2D eigenvalue weighted by Gasteiger charge is 2.22. The van der Waals surface area contributed by atoms with Crippen LogP contribution in [0.15, 0.2) is 54.6 Å². The number of anilines is 1. The van der Waals surface area contributed by atoms with Gasteiger partial charge in [0, 0.05) is 43.3 Å². The quantitative estimate of drug-likeness (QED) is 0.753. The predicted molar refractivity (Wildman–Crippen MR) is 108 cm³/mol. The summed E-state index contributed by atoms with van der Waals surface area (Å²) < 4.78 is 0. The number of hydrogen-bond donors (Lipinski definition) is 1. The lowest BCUT2D eigenvalue weighted by Gasteiger charge is -2.36. The molecule has 2 aromatic carbocycles. The first-order valence-electron chi connectivity index (χ1n) is 9.16. The van der Waals surface area contributed by atoms with Crippen LogP contribution in [0.3, 0.4) is 0 Å². The van der Waals surface area contributed by atoms with Crippen LogP contribution in [-0.4, -0.2) is 55.2 Å². The van der Waals surface area contributed by atoms with Crippen LogP contribution >= 0.6 is 11.6 Å². The maximum atomic E-state index is 12.3. The monoisotopic (exact) mass is 399 g/mol. The van der Waals surface area contributed by atoms with Gasteiger partial charge in [0.25, 0.3) is 5.91 Å². The molecule has 6 nitrogen and oxygen atoms in total. The summed E-state index contributed by atoms with van der Waals surface area (Å²) in [4.78, 5) is 40.2. The van der Waals surface area contributed by atoms with Crippen molar-refractivity contribution in [2.75, 3.05) is 37.6 Å². The van der Waals surface area contributed by atoms with Gasteiger partial charge in [-0.1, -0.05) is 41.9 Å². The van der Waals surface area contributed by atoms with E-state index in [0.29, 0.717) is 23.7 Å². The third-order valence-corrected chi connectivity index (χ3v) is 4.94. The highest BCUT2D eigenvalue weighted by atomic mass is 35.5. The second kappa shape index (κ2) is 9.37. The summed E-state index contributed by atoms with van der Waals surface area (Å²) in [5, 5.41) is 3.00. The number of amides is 2. The predicted octanol–water partition coefficient (Wildman–Crippen LogP) is 1.92. The average Bonchev–Trinajstić information content (AvgIpc) is 2.74. The van der Waals surface area contributed by atoms with Crippen molar-refractivity contribution in [3.05, 3.63) is 65.2 Å². The molecule has 0 saturated carbocycles. The molecule has 28 heavy (non-hydrogen) atoms. The Morgan fingerprint density at radius 1 is 0.893 bits per heavy atom. The zero-order valence-electron chi connectivity index (χ0n) is 15.4. The normalized spacial score (nSPS) is 13.9. The van der Waals surface area contributed by atoms with Crippen LogP contribution in [0.5, 0.6) is 0 Å². The lowest BCUT2D eigenvalue weighted by molar-refractivity contribution is -0.139. The number of nitrogens with zero attached hydrogens (tertiary/aromatic N) is 2. The van der Waals surface area contributed by atoms with E-state index in [2.05, 4.69) is 10.2 Å². The van der Waals surface area contributed by atoms with Gasteiger partial charge in [-0.25, -0.2) is 0 Å². The van der Waals surface area contributed by atoms with E-state index < -0.39 is 11.7 Å². The van der Waals surface area contributed by atoms with Gasteiger partial charge >= 0.3 is 0 Å². The Morgan fingerprint density at radius 2 is 1.54 bits per heavy atom. The van der Waals surface area contributed by atoms with Gasteiger partial charge in [0.05, 0.1) is 6.54 Å². The van der Waals surface area contributed by atoms with Gasteiger partial charge < -0.3 is 15.1 Å². The second-order valence-electron chi connectivity index (χ2n) is 6.61. The number of hydrogen-bond acceptors (Lipinski definition) is 4. The van der Waals surface area contributed by atoms with Gasteiger partial charge in [-0.05, 0) is 29.8 Å². The first kappa shape index (κ1) is 19.9. The number of Topliss-reactive ketones (excluding diaryl/α,β-unsaturated/α-hetero) is 1. The van der Waals surface area contributed by atoms with Crippen molar-refractivity contribution < 1.29 is 14.4 Å². The van der Waals surface area contributed by atoms with E-state index in [1.54, 1.807) is 29.2 Å². The molecule has 0 bridgehead atoms. The molecule has 3 rings (SSSR count). The molecule has 146 valence electrons. The number of rotatable bonds is 6. The molecule has 0 spiro atoms. The van der Waals surface area contributed by atoms with E-state index in [0.717, 1.165) is 18.8 Å². The van der Waals surface area contributed by atoms with Crippen LogP contribution in [0.2, 0.25) is 5.02 Å². The van der Waals surface area contributed by atoms with E-state index in [1.807, 2.05) is 30.3 Å². The second-order valence-corrected chi connectivity index (χ2v) is 7.05. The molecule has 0 aliphatic carbocycles. The summed E-state index contributed by atoms with van der Waals surface area (Å²) in [6.07, 6.45) is -0.0209. The molecule has 0 atom stereocenters. The molecule has 0 radical (unpaired) electrons. The van der Waals surface area contributed by atoms with Crippen molar-refractivity contribution in [1.29, 1.82) is 0 Å². The van der Waals surface area contributed by atoms with E-state index in [4.69, 9.17) is 11.6 Å². The van der Waals surface area contributed by atoms with Crippen LogP contribution in [0.4, 0.5) is 5.69 Å². The van der Waals surface area contributed by atoms with Crippen LogP contribution in [0, 0.1) is 0 Å². The van der Waals surface area contributed by atoms with Crippen molar-refractivity contribution >= 4 is 34.9 Å². The van der Waals surface area contributed by atoms with Crippen LogP contribution in [0.25, 0.3) is 0 Å². The summed E-state index contributed by atoms with van der Waals surface area (Å²) in [5.74, 6) is -1.50. The molecule has 1 heterocycles. The lowest BCUT2D eigenvalue weighted by atomic mass is 10.1. The number of nitrogens with one attached hydrogen (secondary N) is 1. The van der Waals surface area contributed by atoms with Crippen LogP contribution in [0.1, 0.15) is 5.56 Å². The minimum Gasteiger partial charge on any atom is -0.368 e. The fourth-order valence-corrected chi connectivity index (χ4v) is 3.21. The third kappa shape index (κ3) is 5.33. The molecule has 2 amide bonds. The highest BCUT2D eigenvalue weighted by molar-refractivity contribution is 6.36. The van der Waals surface area contributed by atoms with E-state index in [1.165, 1.54) is 0 Å². The third-order valence-electron chi connectivity index (χ3n) is 4.69.